The van der Waals surface area contributed by atoms with Crippen LogP contribution in [0.2, 0.25) is 0 Å². The van der Waals surface area contributed by atoms with E-state index in [-0.39, 0.29) is 30.0 Å². The lowest BCUT2D eigenvalue weighted by molar-refractivity contribution is 0.107. The van der Waals surface area contributed by atoms with Crippen molar-refractivity contribution < 1.29 is 17.5 Å². The maximum atomic E-state index is 13.3. The highest BCUT2D eigenvalue weighted by atomic mass is 32.2. The fourth-order valence-electron chi connectivity index (χ4n) is 2.29. The Labute approximate surface area is 118 Å². The third kappa shape index (κ3) is 3.35. The second kappa shape index (κ2) is 6.17. The first-order valence-electron chi connectivity index (χ1n) is 6.54. The molecule has 2 unspecified atom stereocenters. The first-order valence-corrected chi connectivity index (χ1v) is 8.02. The molecular weight excluding hydrogens is 283 g/mol. The summed E-state index contributed by atoms with van der Waals surface area (Å²) < 4.78 is 45.7. The zero-order chi connectivity index (χ0) is 14.8. The van der Waals surface area contributed by atoms with Crippen molar-refractivity contribution in [1.29, 1.82) is 0 Å². The van der Waals surface area contributed by atoms with Crippen molar-refractivity contribution in [3.05, 3.63) is 29.6 Å². The van der Waals surface area contributed by atoms with Gasteiger partial charge in [0.1, 0.15) is 5.82 Å². The van der Waals surface area contributed by atoms with Crippen molar-refractivity contribution >= 4 is 10.0 Å². The maximum absolute atomic E-state index is 13.3. The molecular formula is C13H19FN2O3S. The van der Waals surface area contributed by atoms with Crippen molar-refractivity contribution in [2.45, 2.75) is 30.9 Å². The molecule has 0 bridgehead atoms. The van der Waals surface area contributed by atoms with Gasteiger partial charge >= 0.3 is 0 Å². The minimum absolute atomic E-state index is 0.0270. The van der Waals surface area contributed by atoms with Crippen LogP contribution in [0.15, 0.2) is 23.1 Å². The third-order valence-electron chi connectivity index (χ3n) is 3.61. The number of ether oxygens (including phenoxy) is 1. The zero-order valence-corrected chi connectivity index (χ0v) is 12.1. The minimum atomic E-state index is -3.76. The predicted octanol–water partition coefficient (Wildman–Crippen LogP) is 0.988. The molecule has 112 valence electrons. The number of benzene rings is 1. The summed E-state index contributed by atoms with van der Waals surface area (Å²) in [5, 5.41) is 0. The number of hydrogen-bond acceptors (Lipinski definition) is 4. The van der Waals surface area contributed by atoms with Gasteiger partial charge in [-0.3, -0.25) is 0 Å². The molecule has 1 heterocycles. The van der Waals surface area contributed by atoms with Crippen LogP contribution in [0, 0.1) is 11.7 Å². The van der Waals surface area contributed by atoms with Crippen LogP contribution in [0.1, 0.15) is 18.9 Å². The van der Waals surface area contributed by atoms with Gasteiger partial charge < -0.3 is 10.5 Å². The lowest BCUT2D eigenvalue weighted by atomic mass is 10.0. The highest BCUT2D eigenvalue weighted by Crippen LogP contribution is 2.21. The summed E-state index contributed by atoms with van der Waals surface area (Å²) in [5.74, 6) is -0.459. The fourth-order valence-corrected chi connectivity index (χ4v) is 3.64. The fraction of sp³-hybridized carbons (Fsp3) is 0.538. The summed E-state index contributed by atoms with van der Waals surface area (Å²) >= 11 is 0. The molecule has 2 rings (SSSR count). The van der Waals surface area contributed by atoms with E-state index in [4.69, 9.17) is 10.5 Å². The van der Waals surface area contributed by atoms with Gasteiger partial charge in [0.05, 0.1) is 11.0 Å². The molecule has 1 aliphatic heterocycles. The van der Waals surface area contributed by atoms with E-state index < -0.39 is 15.8 Å². The molecule has 0 aliphatic carbocycles. The van der Waals surface area contributed by atoms with Crippen LogP contribution in [0.4, 0.5) is 4.39 Å². The second-order valence-corrected chi connectivity index (χ2v) is 6.67. The van der Waals surface area contributed by atoms with Gasteiger partial charge in [0, 0.05) is 25.6 Å². The van der Waals surface area contributed by atoms with Gasteiger partial charge in [-0.1, -0.05) is 6.07 Å². The summed E-state index contributed by atoms with van der Waals surface area (Å²) in [5.41, 5.74) is 5.90. The summed E-state index contributed by atoms with van der Waals surface area (Å²) in [6.45, 7) is 2.88. The van der Waals surface area contributed by atoms with Crippen LogP contribution < -0.4 is 10.5 Å². The SMILES string of the molecule is CC1OCCC1CNS(=O)(=O)c1cc(F)ccc1CN. The van der Waals surface area contributed by atoms with Crippen LogP contribution in [-0.2, 0) is 21.3 Å². The van der Waals surface area contributed by atoms with E-state index in [1.807, 2.05) is 6.92 Å². The Hall–Kier alpha value is -1.02. The number of sulfonamides is 1. The van der Waals surface area contributed by atoms with Gasteiger partial charge in [0.15, 0.2) is 0 Å². The Kier molecular flexibility index (Phi) is 4.74. The van der Waals surface area contributed by atoms with Gasteiger partial charge in [0.25, 0.3) is 0 Å². The second-order valence-electron chi connectivity index (χ2n) is 4.93. The van der Waals surface area contributed by atoms with Gasteiger partial charge in [-0.2, -0.15) is 0 Å². The van der Waals surface area contributed by atoms with Crippen molar-refractivity contribution in [2.24, 2.45) is 11.7 Å². The molecule has 5 nitrogen and oxygen atoms in total. The Bertz CT molecular complexity index is 577. The van der Waals surface area contributed by atoms with E-state index >= 15 is 0 Å². The minimum Gasteiger partial charge on any atom is -0.378 e. The molecule has 3 N–H and O–H groups in total. The molecule has 0 radical (unpaired) electrons. The Balaban J connectivity index is 2.15. The summed E-state index contributed by atoms with van der Waals surface area (Å²) in [6, 6.07) is 3.60. The molecule has 20 heavy (non-hydrogen) atoms. The van der Waals surface area contributed by atoms with E-state index in [1.54, 1.807) is 0 Å². The Morgan fingerprint density at radius 1 is 1.50 bits per heavy atom. The topological polar surface area (TPSA) is 81.4 Å². The summed E-state index contributed by atoms with van der Waals surface area (Å²) in [7, 11) is -3.76. The average molecular weight is 302 g/mol. The number of nitrogens with one attached hydrogen (secondary N) is 1. The normalized spacial score (nSPS) is 23.1. The molecule has 1 aromatic rings. The monoisotopic (exact) mass is 302 g/mol. The van der Waals surface area contributed by atoms with Crippen molar-refractivity contribution in [3.8, 4) is 0 Å². The first kappa shape index (κ1) is 15.4. The zero-order valence-electron chi connectivity index (χ0n) is 11.3. The lowest BCUT2D eigenvalue weighted by Crippen LogP contribution is -2.32. The molecule has 0 spiro atoms. The molecule has 0 aromatic heterocycles. The molecule has 0 saturated carbocycles. The first-order chi connectivity index (χ1) is 9.44. The number of halogens is 1. The maximum Gasteiger partial charge on any atom is 0.241 e. The van der Waals surface area contributed by atoms with Crippen molar-refractivity contribution in [1.82, 2.24) is 4.72 Å². The molecule has 1 saturated heterocycles. The lowest BCUT2D eigenvalue weighted by Gasteiger charge is -2.16. The highest BCUT2D eigenvalue weighted by Gasteiger charge is 2.27. The van der Waals surface area contributed by atoms with Gasteiger partial charge in [-0.25, -0.2) is 17.5 Å². The van der Waals surface area contributed by atoms with Crippen molar-refractivity contribution in [2.75, 3.05) is 13.2 Å². The molecule has 7 heteroatoms. The molecule has 1 fully saturated rings. The van der Waals surface area contributed by atoms with E-state index in [9.17, 15) is 12.8 Å². The van der Waals surface area contributed by atoms with Crippen LogP contribution in [0.5, 0.6) is 0 Å². The quantitative estimate of drug-likeness (QED) is 0.850. The average Bonchev–Trinajstić information content (AvgIpc) is 2.82. The van der Waals surface area contributed by atoms with E-state index in [0.717, 1.165) is 12.5 Å². The van der Waals surface area contributed by atoms with E-state index in [1.165, 1.54) is 12.1 Å². The Morgan fingerprint density at radius 2 is 2.25 bits per heavy atom. The van der Waals surface area contributed by atoms with Crippen LogP contribution in [-0.4, -0.2) is 27.7 Å². The predicted molar refractivity (Wildman–Crippen MR) is 73.0 cm³/mol. The standard InChI is InChI=1S/C13H19FN2O3S/c1-9-11(4-5-19-9)8-16-20(17,18)13-6-12(14)3-2-10(13)7-15/h2-3,6,9,11,16H,4-5,7-8,15H2,1H3. The van der Waals surface area contributed by atoms with Crippen molar-refractivity contribution in [3.63, 3.8) is 0 Å². The number of nitrogens with two attached hydrogens (primary N) is 1. The molecule has 2 atom stereocenters. The smallest absolute Gasteiger partial charge is 0.241 e. The van der Waals surface area contributed by atoms with Gasteiger partial charge in [0.2, 0.25) is 10.0 Å². The molecule has 1 aliphatic rings. The van der Waals surface area contributed by atoms with Gasteiger partial charge in [-0.15, -0.1) is 0 Å². The van der Waals surface area contributed by atoms with E-state index in [2.05, 4.69) is 4.72 Å². The van der Waals surface area contributed by atoms with Crippen LogP contribution >= 0.6 is 0 Å². The largest absolute Gasteiger partial charge is 0.378 e. The van der Waals surface area contributed by atoms with Crippen LogP contribution in [0.3, 0.4) is 0 Å². The highest BCUT2D eigenvalue weighted by molar-refractivity contribution is 7.89. The Morgan fingerprint density at radius 3 is 2.85 bits per heavy atom. The third-order valence-corrected chi connectivity index (χ3v) is 5.11. The summed E-state index contributed by atoms with van der Waals surface area (Å²) in [4.78, 5) is -0.0911. The van der Waals surface area contributed by atoms with E-state index in [0.29, 0.717) is 12.2 Å². The molecule has 0 amide bonds. The number of hydrogen-bond donors (Lipinski definition) is 2. The molecule has 1 aromatic carbocycles. The van der Waals surface area contributed by atoms with Crippen LogP contribution in [0.25, 0.3) is 0 Å². The number of rotatable bonds is 5. The van der Waals surface area contributed by atoms with Gasteiger partial charge in [-0.05, 0) is 31.0 Å². The summed E-state index contributed by atoms with van der Waals surface area (Å²) in [6.07, 6.45) is 0.843.